The second-order valence-corrected chi connectivity index (χ2v) is 6.55. The van der Waals surface area contributed by atoms with Crippen LogP contribution < -0.4 is 15.2 Å². The second kappa shape index (κ2) is 6.14. The molecule has 116 valence electrons. The number of ether oxygens (including phenoxy) is 3. The van der Waals surface area contributed by atoms with E-state index in [2.05, 4.69) is 13.8 Å². The van der Waals surface area contributed by atoms with Gasteiger partial charge in [0.15, 0.2) is 11.5 Å². The lowest BCUT2D eigenvalue weighted by Gasteiger charge is -2.31. The summed E-state index contributed by atoms with van der Waals surface area (Å²) in [5.74, 6) is 3.01. The largest absolute Gasteiger partial charge is 0.486 e. The standard InChI is InChI=1S/C17H25NO3/c1-11-5-12(2)7-14(6-11)21-10-13-8-16-17(9-15(13)18)20-4-3-19-16/h8-9,11-12,14H,3-7,10,18H2,1-2H3. The molecule has 4 nitrogen and oxygen atoms in total. The van der Waals surface area contributed by atoms with Crippen LogP contribution in [0.3, 0.4) is 0 Å². The van der Waals surface area contributed by atoms with Gasteiger partial charge >= 0.3 is 0 Å². The molecule has 0 saturated heterocycles. The van der Waals surface area contributed by atoms with E-state index in [4.69, 9.17) is 19.9 Å². The van der Waals surface area contributed by atoms with E-state index >= 15 is 0 Å². The molecule has 1 aromatic rings. The Morgan fingerprint density at radius 1 is 1.05 bits per heavy atom. The van der Waals surface area contributed by atoms with Crippen LogP contribution in [0.2, 0.25) is 0 Å². The minimum absolute atomic E-state index is 0.344. The van der Waals surface area contributed by atoms with Gasteiger partial charge in [-0.05, 0) is 37.2 Å². The lowest BCUT2D eigenvalue weighted by atomic mass is 9.82. The highest BCUT2D eigenvalue weighted by Gasteiger charge is 2.25. The van der Waals surface area contributed by atoms with Crippen molar-refractivity contribution in [3.05, 3.63) is 17.7 Å². The molecule has 1 aromatic carbocycles. The number of fused-ring (bicyclic) bond motifs is 1. The first-order valence-electron chi connectivity index (χ1n) is 7.91. The summed E-state index contributed by atoms with van der Waals surface area (Å²) in [6.45, 7) is 6.34. The van der Waals surface area contributed by atoms with Crippen molar-refractivity contribution in [1.29, 1.82) is 0 Å². The van der Waals surface area contributed by atoms with Crippen LogP contribution in [0.15, 0.2) is 12.1 Å². The summed E-state index contributed by atoms with van der Waals surface area (Å²) < 4.78 is 17.3. The van der Waals surface area contributed by atoms with Gasteiger partial charge in [-0.15, -0.1) is 0 Å². The molecule has 1 fully saturated rings. The molecule has 0 bridgehead atoms. The maximum atomic E-state index is 6.11. The van der Waals surface area contributed by atoms with Gasteiger partial charge in [-0.25, -0.2) is 0 Å². The van der Waals surface area contributed by atoms with Crippen molar-refractivity contribution < 1.29 is 14.2 Å². The molecule has 2 N–H and O–H groups in total. The maximum Gasteiger partial charge on any atom is 0.163 e. The number of anilines is 1. The van der Waals surface area contributed by atoms with Crippen molar-refractivity contribution in [3.8, 4) is 11.5 Å². The molecule has 21 heavy (non-hydrogen) atoms. The number of hydrogen-bond donors (Lipinski definition) is 1. The van der Waals surface area contributed by atoms with E-state index < -0.39 is 0 Å². The maximum absolute atomic E-state index is 6.11. The summed E-state index contributed by atoms with van der Waals surface area (Å²) in [6, 6.07) is 3.80. The molecule has 2 aliphatic rings. The summed E-state index contributed by atoms with van der Waals surface area (Å²) >= 11 is 0. The number of hydrogen-bond acceptors (Lipinski definition) is 4. The lowest BCUT2D eigenvalue weighted by Crippen LogP contribution is -2.26. The van der Waals surface area contributed by atoms with Crippen LogP contribution in [0.5, 0.6) is 11.5 Å². The molecule has 1 saturated carbocycles. The van der Waals surface area contributed by atoms with Crippen molar-refractivity contribution in [2.75, 3.05) is 18.9 Å². The lowest BCUT2D eigenvalue weighted by molar-refractivity contribution is -0.00904. The van der Waals surface area contributed by atoms with Gasteiger partial charge in [0, 0.05) is 17.3 Å². The minimum Gasteiger partial charge on any atom is -0.486 e. The molecular formula is C17H25NO3. The van der Waals surface area contributed by atoms with Crippen LogP contribution in [0, 0.1) is 11.8 Å². The van der Waals surface area contributed by atoms with E-state index in [1.165, 1.54) is 6.42 Å². The molecule has 2 unspecified atom stereocenters. The fraction of sp³-hybridized carbons (Fsp3) is 0.647. The van der Waals surface area contributed by atoms with Gasteiger partial charge in [-0.3, -0.25) is 0 Å². The van der Waals surface area contributed by atoms with Crippen LogP contribution in [0.4, 0.5) is 5.69 Å². The van der Waals surface area contributed by atoms with Crippen molar-refractivity contribution in [1.82, 2.24) is 0 Å². The van der Waals surface area contributed by atoms with Gasteiger partial charge in [0.05, 0.1) is 12.7 Å². The number of rotatable bonds is 3. The average Bonchev–Trinajstić information content (AvgIpc) is 2.44. The molecule has 0 radical (unpaired) electrons. The Kier molecular flexibility index (Phi) is 4.24. The number of nitrogen functional groups attached to an aromatic ring is 1. The molecule has 1 heterocycles. The fourth-order valence-electron chi connectivity index (χ4n) is 3.49. The van der Waals surface area contributed by atoms with E-state index in [1.54, 1.807) is 0 Å². The minimum atomic E-state index is 0.344. The van der Waals surface area contributed by atoms with Crippen LogP contribution in [-0.2, 0) is 11.3 Å². The zero-order valence-electron chi connectivity index (χ0n) is 12.9. The Bertz CT molecular complexity index is 493. The third-order valence-corrected chi connectivity index (χ3v) is 4.41. The zero-order valence-corrected chi connectivity index (χ0v) is 12.9. The first kappa shape index (κ1) is 14.5. The Labute approximate surface area is 126 Å². The van der Waals surface area contributed by atoms with E-state index in [1.807, 2.05) is 12.1 Å². The van der Waals surface area contributed by atoms with Crippen LogP contribution in [0.25, 0.3) is 0 Å². The third kappa shape index (κ3) is 3.43. The van der Waals surface area contributed by atoms with Crippen molar-refractivity contribution >= 4 is 5.69 Å². The van der Waals surface area contributed by atoms with E-state index in [0.717, 1.165) is 47.4 Å². The molecule has 0 spiro atoms. The summed E-state index contributed by atoms with van der Waals surface area (Å²) in [5, 5.41) is 0. The number of benzene rings is 1. The van der Waals surface area contributed by atoms with E-state index in [-0.39, 0.29) is 0 Å². The SMILES string of the molecule is CC1CC(C)CC(OCc2cc3c(cc2N)OCCO3)C1. The summed E-state index contributed by atoms with van der Waals surface area (Å²) in [6.07, 6.45) is 3.95. The highest BCUT2D eigenvalue weighted by Crippen LogP contribution is 2.36. The van der Waals surface area contributed by atoms with Crippen molar-refractivity contribution in [3.63, 3.8) is 0 Å². The molecule has 0 amide bonds. The van der Waals surface area contributed by atoms with E-state index in [0.29, 0.717) is 25.9 Å². The summed E-state index contributed by atoms with van der Waals surface area (Å²) in [5.41, 5.74) is 7.81. The van der Waals surface area contributed by atoms with E-state index in [9.17, 15) is 0 Å². The quantitative estimate of drug-likeness (QED) is 0.867. The Hall–Kier alpha value is -1.42. The Morgan fingerprint density at radius 3 is 2.33 bits per heavy atom. The van der Waals surface area contributed by atoms with Gasteiger partial charge in [0.2, 0.25) is 0 Å². The topological polar surface area (TPSA) is 53.7 Å². The smallest absolute Gasteiger partial charge is 0.163 e. The monoisotopic (exact) mass is 291 g/mol. The Morgan fingerprint density at radius 2 is 1.67 bits per heavy atom. The Balaban J connectivity index is 1.65. The normalized spacial score (nSPS) is 28.4. The highest BCUT2D eigenvalue weighted by molar-refractivity contribution is 5.58. The summed E-state index contributed by atoms with van der Waals surface area (Å²) in [7, 11) is 0. The van der Waals surface area contributed by atoms with Crippen LogP contribution >= 0.6 is 0 Å². The molecule has 1 aliphatic heterocycles. The highest BCUT2D eigenvalue weighted by atomic mass is 16.6. The van der Waals surface area contributed by atoms with Gasteiger partial charge in [-0.1, -0.05) is 13.8 Å². The predicted octanol–water partition coefficient (Wildman–Crippen LogP) is 3.38. The second-order valence-electron chi connectivity index (χ2n) is 6.55. The van der Waals surface area contributed by atoms with Gasteiger partial charge in [-0.2, -0.15) is 0 Å². The van der Waals surface area contributed by atoms with Crippen LogP contribution in [0.1, 0.15) is 38.7 Å². The summed E-state index contributed by atoms with van der Waals surface area (Å²) in [4.78, 5) is 0. The third-order valence-electron chi connectivity index (χ3n) is 4.41. The average molecular weight is 291 g/mol. The molecular weight excluding hydrogens is 266 g/mol. The molecule has 0 aromatic heterocycles. The fourth-order valence-corrected chi connectivity index (χ4v) is 3.49. The number of nitrogens with two attached hydrogens (primary N) is 1. The first-order chi connectivity index (χ1) is 10.1. The van der Waals surface area contributed by atoms with Gasteiger partial charge < -0.3 is 19.9 Å². The van der Waals surface area contributed by atoms with Gasteiger partial charge in [0.1, 0.15) is 13.2 Å². The molecule has 3 rings (SSSR count). The predicted molar refractivity (Wildman–Crippen MR) is 82.6 cm³/mol. The first-order valence-corrected chi connectivity index (χ1v) is 7.91. The molecule has 2 atom stereocenters. The van der Waals surface area contributed by atoms with Crippen molar-refractivity contribution in [2.24, 2.45) is 11.8 Å². The van der Waals surface area contributed by atoms with Crippen molar-refractivity contribution in [2.45, 2.75) is 45.8 Å². The van der Waals surface area contributed by atoms with Crippen LogP contribution in [-0.4, -0.2) is 19.3 Å². The molecule has 1 aliphatic carbocycles. The zero-order chi connectivity index (χ0) is 14.8. The molecule has 4 heteroatoms. The van der Waals surface area contributed by atoms with Gasteiger partial charge in [0.25, 0.3) is 0 Å².